The first-order chi connectivity index (χ1) is 25.6. The van der Waals surface area contributed by atoms with Gasteiger partial charge in [0.15, 0.2) is 0 Å². The molecule has 246 valence electrons. The van der Waals surface area contributed by atoms with Crippen molar-refractivity contribution in [3.05, 3.63) is 211 Å². The summed E-state index contributed by atoms with van der Waals surface area (Å²) in [6.07, 6.45) is 0. The first kappa shape index (κ1) is 30.6. The quantitative estimate of drug-likeness (QED) is 0.169. The molecule has 0 radical (unpaired) electrons. The van der Waals surface area contributed by atoms with Gasteiger partial charge in [0.2, 0.25) is 0 Å². The lowest BCUT2D eigenvalue weighted by Crippen LogP contribution is -2.23. The highest BCUT2D eigenvalue weighted by Gasteiger charge is 2.41. The minimum absolute atomic E-state index is 0.327. The Bertz CT molecular complexity index is 2640. The highest BCUT2D eigenvalue weighted by molar-refractivity contribution is 7.25. The summed E-state index contributed by atoms with van der Waals surface area (Å²) >= 11 is 1.89. The summed E-state index contributed by atoms with van der Waals surface area (Å²) in [4.78, 5) is 2.41. The Morgan fingerprint density at radius 1 is 0.385 bits per heavy atom. The minimum Gasteiger partial charge on any atom is -0.310 e. The zero-order chi connectivity index (χ0) is 34.6. The van der Waals surface area contributed by atoms with Crippen LogP contribution in [0.1, 0.15) is 23.6 Å². The molecule has 0 aliphatic heterocycles. The number of anilines is 3. The van der Waals surface area contributed by atoms with Crippen molar-refractivity contribution in [3.8, 4) is 33.4 Å². The molecule has 52 heavy (non-hydrogen) atoms. The van der Waals surface area contributed by atoms with E-state index in [0.29, 0.717) is 0 Å². The van der Waals surface area contributed by atoms with Crippen LogP contribution in [0.2, 0.25) is 0 Å². The fraction of sp³-hybridized carbons (Fsp3) is 0.0400. The second-order valence-corrected chi connectivity index (χ2v) is 15.0. The SMILES string of the molecule is CC1(c2ccc3c(c2)sc2ccccc23)c2ccccc2-c2ccc(N(c3ccc(-c4ccccc4)cc3)c3ccc(-c4ccccc4)cc3)cc21. The van der Waals surface area contributed by atoms with E-state index in [1.165, 1.54) is 70.2 Å². The van der Waals surface area contributed by atoms with Crippen LogP contribution in [-0.2, 0) is 5.41 Å². The molecular weight excluding hydrogens is 647 g/mol. The van der Waals surface area contributed by atoms with Gasteiger partial charge in [-0.1, -0.05) is 146 Å². The highest BCUT2D eigenvalue weighted by Crippen LogP contribution is 2.54. The summed E-state index contributed by atoms with van der Waals surface area (Å²) in [5.41, 5.74) is 14.5. The molecule has 0 saturated heterocycles. The predicted octanol–water partition coefficient (Wildman–Crippen LogP) is 14.2. The third-order valence-corrected chi connectivity index (χ3v) is 12.1. The maximum atomic E-state index is 2.45. The van der Waals surface area contributed by atoms with Crippen LogP contribution in [0.3, 0.4) is 0 Å². The fourth-order valence-electron chi connectivity index (χ4n) is 8.28. The van der Waals surface area contributed by atoms with Crippen molar-refractivity contribution in [2.75, 3.05) is 4.90 Å². The minimum atomic E-state index is -0.327. The van der Waals surface area contributed by atoms with E-state index in [9.17, 15) is 0 Å². The van der Waals surface area contributed by atoms with E-state index < -0.39 is 0 Å². The Balaban J connectivity index is 1.13. The largest absolute Gasteiger partial charge is 0.310 e. The van der Waals surface area contributed by atoms with Crippen LogP contribution >= 0.6 is 11.3 Å². The van der Waals surface area contributed by atoms with Crippen molar-refractivity contribution in [2.45, 2.75) is 12.3 Å². The van der Waals surface area contributed by atoms with E-state index in [2.05, 4.69) is 206 Å². The van der Waals surface area contributed by atoms with Gasteiger partial charge in [-0.05, 0) is 106 Å². The van der Waals surface area contributed by atoms with E-state index in [-0.39, 0.29) is 5.41 Å². The van der Waals surface area contributed by atoms with Crippen LogP contribution in [0.25, 0.3) is 53.6 Å². The van der Waals surface area contributed by atoms with E-state index in [1.54, 1.807) is 0 Å². The van der Waals surface area contributed by atoms with Crippen LogP contribution in [0.4, 0.5) is 17.1 Å². The van der Waals surface area contributed by atoms with Crippen molar-refractivity contribution < 1.29 is 0 Å². The molecule has 0 N–H and O–H groups in total. The van der Waals surface area contributed by atoms with Gasteiger partial charge in [-0.15, -0.1) is 11.3 Å². The Morgan fingerprint density at radius 3 is 1.58 bits per heavy atom. The third kappa shape index (κ3) is 4.91. The summed E-state index contributed by atoms with van der Waals surface area (Å²) in [5, 5.41) is 2.66. The monoisotopic (exact) mass is 681 g/mol. The predicted molar refractivity (Wildman–Crippen MR) is 222 cm³/mol. The maximum absolute atomic E-state index is 2.45. The zero-order valence-corrected chi connectivity index (χ0v) is 29.6. The van der Waals surface area contributed by atoms with Gasteiger partial charge in [-0.25, -0.2) is 0 Å². The van der Waals surface area contributed by atoms with E-state index in [4.69, 9.17) is 0 Å². The van der Waals surface area contributed by atoms with Gasteiger partial charge < -0.3 is 4.90 Å². The number of hydrogen-bond donors (Lipinski definition) is 0. The molecular formula is C50H35NS. The summed E-state index contributed by atoms with van der Waals surface area (Å²) in [6.45, 7) is 2.42. The van der Waals surface area contributed by atoms with Crippen molar-refractivity contribution in [2.24, 2.45) is 0 Å². The van der Waals surface area contributed by atoms with Crippen molar-refractivity contribution in [3.63, 3.8) is 0 Å². The Kier molecular flexibility index (Phi) is 7.19. The molecule has 1 atom stereocenters. The smallest absolute Gasteiger partial charge is 0.0465 e. The molecule has 0 amide bonds. The molecule has 0 spiro atoms. The first-order valence-electron chi connectivity index (χ1n) is 17.9. The van der Waals surface area contributed by atoms with Crippen molar-refractivity contribution in [1.29, 1.82) is 0 Å². The lowest BCUT2D eigenvalue weighted by atomic mass is 9.74. The Labute approximate surface area is 308 Å². The first-order valence-corrected chi connectivity index (χ1v) is 18.7. The molecule has 10 rings (SSSR count). The number of thiophene rings is 1. The van der Waals surface area contributed by atoms with Gasteiger partial charge in [0, 0.05) is 42.6 Å². The van der Waals surface area contributed by atoms with Crippen molar-refractivity contribution in [1.82, 2.24) is 0 Å². The van der Waals surface area contributed by atoms with Crippen LogP contribution in [-0.4, -0.2) is 0 Å². The molecule has 1 heterocycles. The van der Waals surface area contributed by atoms with E-state index in [0.717, 1.165) is 17.1 Å². The molecule has 1 aromatic heterocycles. The average Bonchev–Trinajstić information content (AvgIpc) is 3.72. The molecule has 0 saturated carbocycles. The number of benzene rings is 8. The summed E-state index contributed by atoms with van der Waals surface area (Å²) < 4.78 is 2.67. The molecule has 0 fully saturated rings. The summed E-state index contributed by atoms with van der Waals surface area (Å²) in [6, 6.07) is 71.2. The van der Waals surface area contributed by atoms with E-state index in [1.807, 2.05) is 11.3 Å². The van der Waals surface area contributed by atoms with Crippen LogP contribution in [0.5, 0.6) is 0 Å². The van der Waals surface area contributed by atoms with Crippen LogP contribution in [0.15, 0.2) is 194 Å². The average molecular weight is 682 g/mol. The van der Waals surface area contributed by atoms with Crippen LogP contribution in [0, 0.1) is 0 Å². The maximum Gasteiger partial charge on any atom is 0.0465 e. The number of fused-ring (bicyclic) bond motifs is 6. The molecule has 1 aliphatic carbocycles. The van der Waals surface area contributed by atoms with Gasteiger partial charge in [-0.3, -0.25) is 0 Å². The number of nitrogens with zero attached hydrogens (tertiary/aromatic N) is 1. The molecule has 1 nitrogen and oxygen atoms in total. The molecule has 1 aliphatic rings. The molecule has 8 aromatic carbocycles. The van der Waals surface area contributed by atoms with Gasteiger partial charge in [0.1, 0.15) is 0 Å². The molecule has 1 unspecified atom stereocenters. The van der Waals surface area contributed by atoms with Gasteiger partial charge in [0.05, 0.1) is 0 Å². The van der Waals surface area contributed by atoms with E-state index >= 15 is 0 Å². The number of rotatable bonds is 6. The third-order valence-electron chi connectivity index (χ3n) is 11.0. The van der Waals surface area contributed by atoms with Gasteiger partial charge >= 0.3 is 0 Å². The molecule has 9 aromatic rings. The fourth-order valence-corrected chi connectivity index (χ4v) is 9.43. The summed E-state index contributed by atoms with van der Waals surface area (Å²) in [5.74, 6) is 0. The van der Waals surface area contributed by atoms with Gasteiger partial charge in [0.25, 0.3) is 0 Å². The standard InChI is InChI=1S/C50H35NS/c1-50(38-24-30-45-44-17-9-11-19-48(44)52-49(45)32-38)46-18-10-8-16-42(46)43-31-29-41(33-47(43)50)51(39-25-20-36(21-26-39)34-12-4-2-5-13-34)40-27-22-37(23-28-40)35-14-6-3-7-15-35/h2-33H,1H3. The lowest BCUT2D eigenvalue weighted by Gasteiger charge is -2.31. The Morgan fingerprint density at radius 2 is 0.904 bits per heavy atom. The number of hydrogen-bond acceptors (Lipinski definition) is 2. The second-order valence-electron chi connectivity index (χ2n) is 13.9. The van der Waals surface area contributed by atoms with Crippen molar-refractivity contribution >= 4 is 48.6 Å². The molecule has 0 bridgehead atoms. The summed E-state index contributed by atoms with van der Waals surface area (Å²) in [7, 11) is 0. The van der Waals surface area contributed by atoms with Gasteiger partial charge in [-0.2, -0.15) is 0 Å². The lowest BCUT2D eigenvalue weighted by molar-refractivity contribution is 0.715. The highest BCUT2D eigenvalue weighted by atomic mass is 32.1. The van der Waals surface area contributed by atoms with Crippen LogP contribution < -0.4 is 4.90 Å². The zero-order valence-electron chi connectivity index (χ0n) is 28.8. The topological polar surface area (TPSA) is 3.24 Å². The second kappa shape index (κ2) is 12.2. The normalized spacial score (nSPS) is 14.7. The Hall–Kier alpha value is -6.22. The molecule has 2 heteroatoms.